The van der Waals surface area contributed by atoms with Crippen molar-refractivity contribution >= 4 is 17.3 Å². The molecule has 108 valence electrons. The molecule has 0 saturated carbocycles. The van der Waals surface area contributed by atoms with Gasteiger partial charge in [-0.3, -0.25) is 4.79 Å². The minimum Gasteiger partial charge on any atom is -0.486 e. The summed E-state index contributed by atoms with van der Waals surface area (Å²) in [5, 5.41) is 2.82. The Morgan fingerprint density at radius 2 is 1.81 bits per heavy atom. The summed E-state index contributed by atoms with van der Waals surface area (Å²) in [6, 6.07) is 10.8. The van der Waals surface area contributed by atoms with Crippen molar-refractivity contribution in [2.75, 3.05) is 24.3 Å². The lowest BCUT2D eigenvalue weighted by Gasteiger charge is -2.20. The highest BCUT2D eigenvalue weighted by atomic mass is 16.6. The summed E-state index contributed by atoms with van der Waals surface area (Å²) >= 11 is 0. The van der Waals surface area contributed by atoms with E-state index >= 15 is 0 Å². The first kappa shape index (κ1) is 13.3. The van der Waals surface area contributed by atoms with E-state index in [1.807, 2.05) is 25.1 Å². The number of rotatable bonds is 2. The van der Waals surface area contributed by atoms with E-state index in [1.165, 1.54) is 0 Å². The molecule has 5 nitrogen and oxygen atoms in total. The second-order valence-electron chi connectivity index (χ2n) is 4.85. The molecule has 0 radical (unpaired) electrons. The summed E-state index contributed by atoms with van der Waals surface area (Å²) in [6.45, 7) is 2.88. The molecule has 0 aliphatic carbocycles. The van der Waals surface area contributed by atoms with Gasteiger partial charge >= 0.3 is 0 Å². The van der Waals surface area contributed by atoms with Gasteiger partial charge in [0.25, 0.3) is 5.91 Å². The van der Waals surface area contributed by atoms with Crippen LogP contribution in [0.15, 0.2) is 36.4 Å². The van der Waals surface area contributed by atoms with Crippen LogP contribution in [-0.4, -0.2) is 19.1 Å². The number of aryl methyl sites for hydroxylation is 1. The maximum absolute atomic E-state index is 12.3. The van der Waals surface area contributed by atoms with Crippen LogP contribution in [0.5, 0.6) is 11.5 Å². The number of fused-ring (bicyclic) bond motifs is 1. The first-order valence-electron chi connectivity index (χ1n) is 6.71. The summed E-state index contributed by atoms with van der Waals surface area (Å²) < 4.78 is 10.9. The Kier molecular flexibility index (Phi) is 3.39. The van der Waals surface area contributed by atoms with Crippen LogP contribution >= 0.6 is 0 Å². The van der Waals surface area contributed by atoms with Crippen LogP contribution in [0, 0.1) is 6.92 Å². The van der Waals surface area contributed by atoms with Crippen molar-refractivity contribution < 1.29 is 14.3 Å². The molecule has 0 spiro atoms. The summed E-state index contributed by atoms with van der Waals surface area (Å²) in [5.74, 6) is 1.000. The van der Waals surface area contributed by atoms with Crippen molar-refractivity contribution in [1.82, 2.24) is 0 Å². The quantitative estimate of drug-likeness (QED) is 0.831. The number of benzene rings is 2. The van der Waals surface area contributed by atoms with Crippen LogP contribution in [-0.2, 0) is 0 Å². The molecule has 3 rings (SSSR count). The van der Waals surface area contributed by atoms with Crippen molar-refractivity contribution in [3.63, 3.8) is 0 Å². The molecular weight excluding hydrogens is 268 g/mol. The summed E-state index contributed by atoms with van der Waals surface area (Å²) in [7, 11) is 0. The smallest absolute Gasteiger partial charge is 0.255 e. The summed E-state index contributed by atoms with van der Waals surface area (Å²) in [6.07, 6.45) is 0. The van der Waals surface area contributed by atoms with Crippen molar-refractivity contribution in [2.45, 2.75) is 6.92 Å². The molecule has 1 amide bonds. The van der Waals surface area contributed by atoms with E-state index in [-0.39, 0.29) is 5.91 Å². The van der Waals surface area contributed by atoms with Gasteiger partial charge in [-0.2, -0.15) is 0 Å². The predicted molar refractivity (Wildman–Crippen MR) is 81.0 cm³/mol. The third kappa shape index (κ3) is 2.63. The van der Waals surface area contributed by atoms with E-state index in [1.54, 1.807) is 18.2 Å². The van der Waals surface area contributed by atoms with Gasteiger partial charge in [-0.15, -0.1) is 0 Å². The molecule has 5 heteroatoms. The molecule has 0 saturated heterocycles. The van der Waals surface area contributed by atoms with E-state index in [2.05, 4.69) is 5.32 Å². The molecule has 0 unspecified atom stereocenters. The van der Waals surface area contributed by atoms with Crippen LogP contribution in [0.4, 0.5) is 11.4 Å². The molecule has 2 aromatic carbocycles. The normalized spacial score (nSPS) is 12.8. The van der Waals surface area contributed by atoms with E-state index in [0.717, 1.165) is 5.56 Å². The van der Waals surface area contributed by atoms with E-state index in [9.17, 15) is 4.79 Å². The SMILES string of the molecule is Cc1ccccc1C(=O)Nc1cc2c(cc1N)OCCO2. The van der Waals surface area contributed by atoms with Gasteiger partial charge in [-0.1, -0.05) is 18.2 Å². The first-order valence-corrected chi connectivity index (χ1v) is 6.71. The minimum atomic E-state index is -0.198. The number of nitrogen functional groups attached to an aromatic ring is 1. The third-order valence-corrected chi connectivity index (χ3v) is 3.35. The highest BCUT2D eigenvalue weighted by Crippen LogP contribution is 2.37. The fourth-order valence-electron chi connectivity index (χ4n) is 2.23. The maximum Gasteiger partial charge on any atom is 0.255 e. The largest absolute Gasteiger partial charge is 0.486 e. The lowest BCUT2D eigenvalue weighted by atomic mass is 10.1. The molecule has 2 aromatic rings. The number of nitrogens with one attached hydrogen (secondary N) is 1. The number of ether oxygens (including phenoxy) is 2. The van der Waals surface area contributed by atoms with Gasteiger partial charge in [0, 0.05) is 17.7 Å². The number of carbonyl (C=O) groups excluding carboxylic acids is 1. The zero-order valence-corrected chi connectivity index (χ0v) is 11.7. The number of hydrogen-bond donors (Lipinski definition) is 2. The van der Waals surface area contributed by atoms with Gasteiger partial charge in [0.1, 0.15) is 13.2 Å². The Morgan fingerprint density at radius 1 is 1.14 bits per heavy atom. The number of amides is 1. The zero-order chi connectivity index (χ0) is 14.8. The Labute approximate surface area is 122 Å². The van der Waals surface area contributed by atoms with E-state index in [4.69, 9.17) is 15.2 Å². The molecule has 0 atom stereocenters. The fraction of sp³-hybridized carbons (Fsp3) is 0.188. The van der Waals surface area contributed by atoms with Crippen molar-refractivity contribution in [1.29, 1.82) is 0 Å². The molecule has 3 N–H and O–H groups in total. The second kappa shape index (κ2) is 5.36. The molecule has 0 aromatic heterocycles. The molecule has 1 heterocycles. The lowest BCUT2D eigenvalue weighted by molar-refractivity contribution is 0.102. The van der Waals surface area contributed by atoms with Crippen molar-refractivity contribution in [2.24, 2.45) is 0 Å². The third-order valence-electron chi connectivity index (χ3n) is 3.35. The average Bonchev–Trinajstić information content (AvgIpc) is 2.48. The second-order valence-corrected chi connectivity index (χ2v) is 4.85. The molecule has 0 fully saturated rings. The molecule has 21 heavy (non-hydrogen) atoms. The predicted octanol–water partition coefficient (Wildman–Crippen LogP) is 2.60. The van der Waals surface area contributed by atoms with Gasteiger partial charge in [-0.25, -0.2) is 0 Å². The minimum absolute atomic E-state index is 0.198. The Balaban J connectivity index is 1.88. The van der Waals surface area contributed by atoms with Gasteiger partial charge < -0.3 is 20.5 Å². The average molecular weight is 284 g/mol. The molecule has 1 aliphatic rings. The number of anilines is 2. The first-order chi connectivity index (χ1) is 10.1. The van der Waals surface area contributed by atoms with E-state index in [0.29, 0.717) is 41.7 Å². The fourth-order valence-corrected chi connectivity index (χ4v) is 2.23. The van der Waals surface area contributed by atoms with Crippen LogP contribution in [0.2, 0.25) is 0 Å². The Bertz CT molecular complexity index is 698. The number of nitrogens with two attached hydrogens (primary N) is 1. The van der Waals surface area contributed by atoms with Gasteiger partial charge in [0.15, 0.2) is 11.5 Å². The number of carbonyl (C=O) groups is 1. The topological polar surface area (TPSA) is 73.6 Å². The van der Waals surface area contributed by atoms with Gasteiger partial charge in [-0.05, 0) is 18.6 Å². The van der Waals surface area contributed by atoms with Crippen LogP contribution in [0.3, 0.4) is 0 Å². The van der Waals surface area contributed by atoms with Crippen LogP contribution < -0.4 is 20.5 Å². The van der Waals surface area contributed by atoms with Gasteiger partial charge in [0.05, 0.1) is 11.4 Å². The summed E-state index contributed by atoms with van der Waals surface area (Å²) in [5.41, 5.74) is 8.45. The van der Waals surface area contributed by atoms with Crippen molar-refractivity contribution in [3.05, 3.63) is 47.5 Å². The van der Waals surface area contributed by atoms with Gasteiger partial charge in [0.2, 0.25) is 0 Å². The number of hydrogen-bond acceptors (Lipinski definition) is 4. The highest BCUT2D eigenvalue weighted by Gasteiger charge is 2.17. The standard InChI is InChI=1S/C16H16N2O3/c1-10-4-2-3-5-11(10)16(19)18-13-9-15-14(8-12(13)17)20-6-7-21-15/h2-5,8-9H,6-7,17H2,1H3,(H,18,19). The van der Waals surface area contributed by atoms with Crippen LogP contribution in [0.25, 0.3) is 0 Å². The monoisotopic (exact) mass is 284 g/mol. The van der Waals surface area contributed by atoms with Crippen LogP contribution in [0.1, 0.15) is 15.9 Å². The van der Waals surface area contributed by atoms with E-state index < -0.39 is 0 Å². The highest BCUT2D eigenvalue weighted by molar-refractivity contribution is 6.06. The maximum atomic E-state index is 12.3. The lowest BCUT2D eigenvalue weighted by Crippen LogP contribution is -2.18. The Morgan fingerprint density at radius 3 is 2.52 bits per heavy atom. The molecule has 1 aliphatic heterocycles. The zero-order valence-electron chi connectivity index (χ0n) is 11.7. The van der Waals surface area contributed by atoms with Crippen molar-refractivity contribution in [3.8, 4) is 11.5 Å². The summed E-state index contributed by atoms with van der Waals surface area (Å²) in [4.78, 5) is 12.3. The molecule has 0 bridgehead atoms. The molecular formula is C16H16N2O3. The Hall–Kier alpha value is -2.69.